The maximum Gasteiger partial charge on any atom is 0.273 e. The summed E-state index contributed by atoms with van der Waals surface area (Å²) >= 11 is 0. The van der Waals surface area contributed by atoms with Gasteiger partial charge in [0.2, 0.25) is 0 Å². The van der Waals surface area contributed by atoms with Crippen LogP contribution in [0.15, 0.2) is 30.3 Å². The number of amides is 1. The summed E-state index contributed by atoms with van der Waals surface area (Å²) in [6.07, 6.45) is 3.73. The van der Waals surface area contributed by atoms with Crippen molar-refractivity contribution < 1.29 is 9.53 Å². The summed E-state index contributed by atoms with van der Waals surface area (Å²) in [6, 6.07) is 10.6. The van der Waals surface area contributed by atoms with Crippen LogP contribution >= 0.6 is 0 Å². The van der Waals surface area contributed by atoms with Crippen LogP contribution in [0.3, 0.4) is 0 Å². The highest BCUT2D eigenvalue weighted by Crippen LogP contribution is 2.20. The molecular weight excluding hydrogens is 342 g/mol. The van der Waals surface area contributed by atoms with Crippen molar-refractivity contribution in [3.05, 3.63) is 47.3 Å². The molecule has 2 N–H and O–H groups in total. The topological polar surface area (TPSA) is 81.1 Å². The molecule has 1 aromatic carbocycles. The Balaban J connectivity index is 1.34. The molecule has 1 saturated heterocycles. The van der Waals surface area contributed by atoms with Crippen LogP contribution in [-0.2, 0) is 11.2 Å². The van der Waals surface area contributed by atoms with Crippen LogP contribution in [-0.4, -0.2) is 53.7 Å². The quantitative estimate of drug-likeness (QED) is 0.658. The fourth-order valence-electron chi connectivity index (χ4n) is 3.35. The maximum absolute atomic E-state index is 12.4. The molecule has 0 unspecified atom stereocenters. The van der Waals surface area contributed by atoms with E-state index in [0.717, 1.165) is 44.5 Å². The van der Waals surface area contributed by atoms with E-state index >= 15 is 0 Å². The highest BCUT2D eigenvalue weighted by molar-refractivity contribution is 5.93. The van der Waals surface area contributed by atoms with Gasteiger partial charge in [0.25, 0.3) is 5.91 Å². The van der Waals surface area contributed by atoms with Crippen molar-refractivity contribution >= 4 is 5.91 Å². The van der Waals surface area contributed by atoms with Crippen LogP contribution in [0.2, 0.25) is 0 Å². The van der Waals surface area contributed by atoms with Crippen LogP contribution in [0, 0.1) is 6.92 Å². The van der Waals surface area contributed by atoms with Crippen LogP contribution in [0.25, 0.3) is 0 Å². The van der Waals surface area contributed by atoms with Crippen LogP contribution in [0.5, 0.6) is 0 Å². The zero-order chi connectivity index (χ0) is 18.9. The van der Waals surface area contributed by atoms with Gasteiger partial charge in [-0.25, -0.2) is 4.68 Å². The lowest BCUT2D eigenvalue weighted by molar-refractivity contribution is 0.0936. The second kappa shape index (κ2) is 10.2. The first kappa shape index (κ1) is 19.5. The molecule has 2 heterocycles. The molecule has 1 aliphatic rings. The molecular formula is C20H29N5O2. The van der Waals surface area contributed by atoms with Crippen LogP contribution in [0.4, 0.5) is 0 Å². The molecule has 146 valence electrons. The van der Waals surface area contributed by atoms with E-state index in [1.807, 2.05) is 29.8 Å². The second-order valence-corrected chi connectivity index (χ2v) is 6.91. The second-order valence-electron chi connectivity index (χ2n) is 6.91. The molecule has 0 bridgehead atoms. The van der Waals surface area contributed by atoms with Gasteiger partial charge in [-0.2, -0.15) is 0 Å². The average Bonchev–Trinajstić information content (AvgIpc) is 3.10. The van der Waals surface area contributed by atoms with E-state index < -0.39 is 0 Å². The Morgan fingerprint density at radius 3 is 2.81 bits per heavy atom. The fraction of sp³-hybridized carbons (Fsp3) is 0.550. The van der Waals surface area contributed by atoms with Gasteiger partial charge in [-0.3, -0.25) is 4.79 Å². The molecule has 1 aliphatic heterocycles. The summed E-state index contributed by atoms with van der Waals surface area (Å²) in [5, 5.41) is 14.6. The summed E-state index contributed by atoms with van der Waals surface area (Å²) in [7, 11) is 0. The predicted molar refractivity (Wildman–Crippen MR) is 104 cm³/mol. The lowest BCUT2D eigenvalue weighted by Gasteiger charge is -2.23. The van der Waals surface area contributed by atoms with Crippen molar-refractivity contribution in [2.45, 2.75) is 38.6 Å². The zero-order valence-corrected chi connectivity index (χ0v) is 16.0. The number of ether oxygens (including phenoxy) is 1. The normalized spacial score (nSPS) is 15.0. The summed E-state index contributed by atoms with van der Waals surface area (Å²) in [5.74, 6) is -0.156. The number of rotatable bonds is 9. The average molecular weight is 371 g/mol. The lowest BCUT2D eigenvalue weighted by Crippen LogP contribution is -2.30. The minimum atomic E-state index is -0.156. The molecule has 1 fully saturated rings. The third-order valence-corrected chi connectivity index (χ3v) is 4.93. The predicted octanol–water partition coefficient (Wildman–Crippen LogP) is 1.89. The molecule has 7 nitrogen and oxygen atoms in total. The van der Waals surface area contributed by atoms with Gasteiger partial charge in [-0.15, -0.1) is 5.10 Å². The van der Waals surface area contributed by atoms with Gasteiger partial charge in [0, 0.05) is 13.2 Å². The van der Waals surface area contributed by atoms with Gasteiger partial charge in [0.05, 0.1) is 18.3 Å². The Kier molecular flexibility index (Phi) is 7.36. The highest BCUT2D eigenvalue weighted by atomic mass is 16.5. The molecule has 27 heavy (non-hydrogen) atoms. The van der Waals surface area contributed by atoms with Gasteiger partial charge >= 0.3 is 0 Å². The van der Waals surface area contributed by atoms with E-state index in [9.17, 15) is 4.79 Å². The first-order valence-corrected chi connectivity index (χ1v) is 9.78. The molecule has 0 atom stereocenters. The monoisotopic (exact) mass is 371 g/mol. The van der Waals surface area contributed by atoms with Gasteiger partial charge in [-0.05, 0) is 51.3 Å². The number of nitrogens with zero attached hydrogens (tertiary/aromatic N) is 3. The Labute approximate surface area is 160 Å². The number of piperidine rings is 1. The number of aromatic nitrogens is 3. The van der Waals surface area contributed by atoms with Crippen molar-refractivity contribution in [1.82, 2.24) is 25.6 Å². The highest BCUT2D eigenvalue weighted by Gasteiger charge is 2.22. The minimum Gasteiger partial charge on any atom is -0.381 e. The summed E-state index contributed by atoms with van der Waals surface area (Å²) in [4.78, 5) is 12.4. The number of carbonyl (C=O) groups excluding carboxylic acids is 1. The van der Waals surface area contributed by atoms with Gasteiger partial charge in [-0.1, -0.05) is 35.5 Å². The Morgan fingerprint density at radius 2 is 2.04 bits per heavy atom. The molecule has 1 amide bonds. The smallest absolute Gasteiger partial charge is 0.273 e. The molecule has 0 saturated carbocycles. The Hall–Kier alpha value is -2.25. The van der Waals surface area contributed by atoms with Crippen molar-refractivity contribution in [2.24, 2.45) is 0 Å². The van der Waals surface area contributed by atoms with Crippen molar-refractivity contribution in [3.63, 3.8) is 0 Å². The zero-order valence-electron chi connectivity index (χ0n) is 16.0. The van der Waals surface area contributed by atoms with Gasteiger partial charge in [0.15, 0.2) is 5.69 Å². The minimum absolute atomic E-state index is 0.156. The fourth-order valence-corrected chi connectivity index (χ4v) is 3.35. The van der Waals surface area contributed by atoms with E-state index in [4.69, 9.17) is 4.74 Å². The largest absolute Gasteiger partial charge is 0.381 e. The number of hydrogen-bond acceptors (Lipinski definition) is 5. The number of nitrogens with one attached hydrogen (secondary N) is 2. The van der Waals surface area contributed by atoms with E-state index in [1.165, 1.54) is 5.56 Å². The lowest BCUT2D eigenvalue weighted by atomic mass is 10.1. The van der Waals surface area contributed by atoms with Crippen LogP contribution < -0.4 is 10.6 Å². The first-order chi connectivity index (χ1) is 13.3. The van der Waals surface area contributed by atoms with E-state index in [1.54, 1.807) is 0 Å². The van der Waals surface area contributed by atoms with Crippen molar-refractivity contribution in [1.29, 1.82) is 0 Å². The third-order valence-electron chi connectivity index (χ3n) is 4.93. The summed E-state index contributed by atoms with van der Waals surface area (Å²) in [6.45, 7) is 5.79. The molecule has 0 radical (unpaired) electrons. The number of benzene rings is 1. The van der Waals surface area contributed by atoms with E-state index in [-0.39, 0.29) is 5.91 Å². The summed E-state index contributed by atoms with van der Waals surface area (Å²) < 4.78 is 7.55. The third kappa shape index (κ3) is 5.61. The van der Waals surface area contributed by atoms with E-state index in [0.29, 0.717) is 31.5 Å². The molecule has 2 aromatic rings. The number of carbonyl (C=O) groups is 1. The summed E-state index contributed by atoms with van der Waals surface area (Å²) in [5.41, 5.74) is 2.55. The van der Waals surface area contributed by atoms with Crippen LogP contribution in [0.1, 0.15) is 47.1 Å². The Bertz CT molecular complexity index is 710. The van der Waals surface area contributed by atoms with E-state index in [2.05, 4.69) is 33.1 Å². The standard InChI is InChI=1S/C20H29N5O2/c1-16-19(23-24-25(16)18-8-12-21-13-9-18)20(26)22-11-5-14-27-15-10-17-6-3-2-4-7-17/h2-4,6-7,18,21H,5,8-15H2,1H3,(H,22,26). The first-order valence-electron chi connectivity index (χ1n) is 9.78. The number of hydrogen-bond donors (Lipinski definition) is 2. The van der Waals surface area contributed by atoms with Gasteiger partial charge < -0.3 is 15.4 Å². The SMILES string of the molecule is Cc1c(C(=O)NCCCOCCc2ccccc2)nnn1C1CCNCC1. The Morgan fingerprint density at radius 1 is 1.26 bits per heavy atom. The molecule has 7 heteroatoms. The molecule has 1 aromatic heterocycles. The van der Waals surface area contributed by atoms with Crippen molar-refractivity contribution in [3.8, 4) is 0 Å². The molecule has 3 rings (SSSR count). The van der Waals surface area contributed by atoms with Crippen molar-refractivity contribution in [2.75, 3.05) is 32.8 Å². The van der Waals surface area contributed by atoms with Gasteiger partial charge in [0.1, 0.15) is 0 Å². The molecule has 0 spiro atoms. The maximum atomic E-state index is 12.4. The molecule has 0 aliphatic carbocycles.